The van der Waals surface area contributed by atoms with Crippen LogP contribution >= 0.6 is 27.5 Å². The molecule has 5 heteroatoms. The lowest BCUT2D eigenvalue weighted by molar-refractivity contribution is 0.0953. The van der Waals surface area contributed by atoms with Crippen LogP contribution in [-0.4, -0.2) is 25.0 Å². The minimum atomic E-state index is -0.129. The van der Waals surface area contributed by atoms with E-state index in [-0.39, 0.29) is 5.91 Å². The summed E-state index contributed by atoms with van der Waals surface area (Å²) in [5, 5.41) is 3.43. The summed E-state index contributed by atoms with van der Waals surface area (Å²) in [5.74, 6) is -0.129. The maximum Gasteiger partial charge on any atom is 0.252 e. The van der Waals surface area contributed by atoms with Crippen LogP contribution in [-0.2, 0) is 6.42 Å². The van der Waals surface area contributed by atoms with Gasteiger partial charge in [-0.15, -0.1) is 0 Å². The van der Waals surface area contributed by atoms with Crippen molar-refractivity contribution in [3.8, 4) is 0 Å². The average molecular weight is 408 g/mol. The number of rotatable bonds is 5. The summed E-state index contributed by atoms with van der Waals surface area (Å²) in [7, 11) is 0. The van der Waals surface area contributed by atoms with Gasteiger partial charge in [0.2, 0.25) is 0 Å². The van der Waals surface area contributed by atoms with E-state index in [1.54, 1.807) is 12.1 Å². The first kappa shape index (κ1) is 17.3. The monoisotopic (exact) mass is 406 g/mol. The molecule has 1 atom stereocenters. The molecule has 2 aromatic carbocycles. The fourth-order valence-electron chi connectivity index (χ4n) is 3.19. The largest absolute Gasteiger partial charge is 0.368 e. The summed E-state index contributed by atoms with van der Waals surface area (Å²) in [4.78, 5) is 14.7. The van der Waals surface area contributed by atoms with Crippen LogP contribution in [0.4, 0.5) is 5.69 Å². The molecule has 24 heavy (non-hydrogen) atoms. The van der Waals surface area contributed by atoms with Gasteiger partial charge >= 0.3 is 0 Å². The summed E-state index contributed by atoms with van der Waals surface area (Å²) in [6.07, 6.45) is 1.99. The molecule has 0 saturated carbocycles. The van der Waals surface area contributed by atoms with Gasteiger partial charge in [0, 0.05) is 29.3 Å². The van der Waals surface area contributed by atoms with Crippen molar-refractivity contribution in [1.82, 2.24) is 5.32 Å². The lowest BCUT2D eigenvalue weighted by Crippen LogP contribution is -2.33. The van der Waals surface area contributed by atoms with Crippen molar-refractivity contribution in [3.05, 3.63) is 63.1 Å². The Morgan fingerprint density at radius 2 is 2.12 bits per heavy atom. The summed E-state index contributed by atoms with van der Waals surface area (Å²) in [5.41, 5.74) is 3.24. The molecule has 0 bridgehead atoms. The highest BCUT2D eigenvalue weighted by Crippen LogP contribution is 2.31. The quantitative estimate of drug-likeness (QED) is 0.730. The second kappa shape index (κ2) is 7.58. The molecule has 0 spiro atoms. The Balaban J connectivity index is 1.52. The number of halogens is 2. The molecule has 1 amide bonds. The zero-order chi connectivity index (χ0) is 17.1. The molecule has 3 rings (SSSR count). The number of benzene rings is 2. The zero-order valence-corrected chi connectivity index (χ0v) is 15.9. The van der Waals surface area contributed by atoms with Crippen LogP contribution in [0.1, 0.15) is 29.3 Å². The Morgan fingerprint density at radius 1 is 1.33 bits per heavy atom. The van der Waals surface area contributed by atoms with Crippen LogP contribution in [0.15, 0.2) is 46.9 Å². The van der Waals surface area contributed by atoms with Crippen molar-refractivity contribution in [2.45, 2.75) is 25.8 Å². The molecule has 2 aromatic rings. The number of nitrogens with zero attached hydrogens (tertiary/aromatic N) is 1. The number of anilines is 1. The molecule has 1 aliphatic rings. The molecule has 3 nitrogen and oxygen atoms in total. The molecule has 0 aromatic heterocycles. The molecule has 0 aliphatic carbocycles. The van der Waals surface area contributed by atoms with Crippen molar-refractivity contribution in [2.75, 3.05) is 18.0 Å². The van der Waals surface area contributed by atoms with Crippen LogP contribution in [0.2, 0.25) is 5.02 Å². The van der Waals surface area contributed by atoms with Gasteiger partial charge in [-0.25, -0.2) is 0 Å². The van der Waals surface area contributed by atoms with Gasteiger partial charge in [0.15, 0.2) is 0 Å². The molecule has 0 fully saturated rings. The standard InChI is InChI=1S/C19H20BrClN2O/c1-13-11-14-5-2-3-6-18(14)23(13)10-4-9-22-19(24)16-12-15(20)7-8-17(16)21/h2-3,5-8,12-13H,4,9-11H2,1H3,(H,22,24)/t13-/m1/s1. The third-order valence-electron chi connectivity index (χ3n) is 4.38. The van der Waals surface area contributed by atoms with Crippen molar-refractivity contribution in [3.63, 3.8) is 0 Å². The minimum Gasteiger partial charge on any atom is -0.368 e. The van der Waals surface area contributed by atoms with E-state index in [1.165, 1.54) is 11.3 Å². The molecule has 126 valence electrons. The lowest BCUT2D eigenvalue weighted by Gasteiger charge is -2.25. The molecular weight excluding hydrogens is 388 g/mol. The molecule has 1 aliphatic heterocycles. The third-order valence-corrected chi connectivity index (χ3v) is 5.21. The lowest BCUT2D eigenvalue weighted by atomic mass is 10.1. The van der Waals surface area contributed by atoms with Crippen molar-refractivity contribution >= 4 is 39.1 Å². The first-order chi connectivity index (χ1) is 11.6. The van der Waals surface area contributed by atoms with Crippen LogP contribution in [0, 0.1) is 0 Å². The van der Waals surface area contributed by atoms with E-state index < -0.39 is 0 Å². The first-order valence-electron chi connectivity index (χ1n) is 8.14. The Bertz CT molecular complexity index is 750. The SMILES string of the molecule is C[C@@H]1Cc2ccccc2N1CCCNC(=O)c1cc(Br)ccc1Cl. The van der Waals surface area contributed by atoms with Gasteiger partial charge in [0.05, 0.1) is 10.6 Å². The van der Waals surface area contributed by atoms with E-state index in [2.05, 4.69) is 57.3 Å². The van der Waals surface area contributed by atoms with E-state index in [1.807, 2.05) is 6.07 Å². The molecule has 1 N–H and O–H groups in total. The van der Waals surface area contributed by atoms with E-state index >= 15 is 0 Å². The maximum absolute atomic E-state index is 12.2. The van der Waals surface area contributed by atoms with Gasteiger partial charge in [-0.2, -0.15) is 0 Å². The van der Waals surface area contributed by atoms with Crippen LogP contribution in [0.5, 0.6) is 0 Å². The van der Waals surface area contributed by atoms with Gasteiger partial charge in [0.25, 0.3) is 5.91 Å². The fourth-order valence-corrected chi connectivity index (χ4v) is 3.75. The number of amides is 1. The number of para-hydroxylation sites is 1. The van der Waals surface area contributed by atoms with Crippen LogP contribution in [0.3, 0.4) is 0 Å². The second-order valence-corrected chi connectivity index (χ2v) is 7.43. The van der Waals surface area contributed by atoms with Crippen molar-refractivity contribution in [1.29, 1.82) is 0 Å². The maximum atomic E-state index is 12.2. The van der Waals surface area contributed by atoms with Gasteiger partial charge in [-0.05, 0) is 49.6 Å². The number of nitrogens with one attached hydrogen (secondary N) is 1. The average Bonchev–Trinajstić information content (AvgIpc) is 2.89. The van der Waals surface area contributed by atoms with E-state index in [0.717, 1.165) is 23.9 Å². The minimum absolute atomic E-state index is 0.129. The predicted molar refractivity (Wildman–Crippen MR) is 103 cm³/mol. The summed E-state index contributed by atoms with van der Waals surface area (Å²) < 4.78 is 0.847. The number of carbonyl (C=O) groups excluding carboxylic acids is 1. The highest BCUT2D eigenvalue weighted by Gasteiger charge is 2.24. The van der Waals surface area contributed by atoms with E-state index in [9.17, 15) is 4.79 Å². The van der Waals surface area contributed by atoms with Gasteiger partial charge < -0.3 is 10.2 Å². The van der Waals surface area contributed by atoms with Crippen LogP contribution in [0.25, 0.3) is 0 Å². The number of carbonyl (C=O) groups is 1. The Hall–Kier alpha value is -1.52. The topological polar surface area (TPSA) is 32.3 Å². The normalized spacial score (nSPS) is 16.1. The van der Waals surface area contributed by atoms with Gasteiger partial charge in [-0.3, -0.25) is 4.79 Å². The number of hydrogen-bond acceptors (Lipinski definition) is 2. The molecule has 0 saturated heterocycles. The second-order valence-electron chi connectivity index (χ2n) is 6.11. The van der Waals surface area contributed by atoms with Gasteiger partial charge in [0.1, 0.15) is 0 Å². The highest BCUT2D eigenvalue weighted by molar-refractivity contribution is 9.10. The molecule has 0 radical (unpaired) electrons. The molecular formula is C19H20BrClN2O. The zero-order valence-electron chi connectivity index (χ0n) is 13.6. The third kappa shape index (κ3) is 3.76. The Labute approximate surface area is 156 Å². The van der Waals surface area contributed by atoms with E-state index in [4.69, 9.17) is 11.6 Å². The van der Waals surface area contributed by atoms with Crippen molar-refractivity contribution in [2.24, 2.45) is 0 Å². The predicted octanol–water partition coefficient (Wildman–Crippen LogP) is 4.67. The summed E-state index contributed by atoms with van der Waals surface area (Å²) >= 11 is 9.46. The fraction of sp³-hybridized carbons (Fsp3) is 0.316. The molecule has 1 heterocycles. The van der Waals surface area contributed by atoms with Gasteiger partial charge in [-0.1, -0.05) is 45.7 Å². The summed E-state index contributed by atoms with van der Waals surface area (Å²) in [6, 6.07) is 14.4. The van der Waals surface area contributed by atoms with Crippen LogP contribution < -0.4 is 10.2 Å². The van der Waals surface area contributed by atoms with E-state index in [0.29, 0.717) is 23.2 Å². The first-order valence-corrected chi connectivity index (χ1v) is 9.31. The Morgan fingerprint density at radius 3 is 2.96 bits per heavy atom. The highest BCUT2D eigenvalue weighted by atomic mass is 79.9. The summed E-state index contributed by atoms with van der Waals surface area (Å²) in [6.45, 7) is 3.82. The smallest absolute Gasteiger partial charge is 0.252 e. The number of hydrogen-bond donors (Lipinski definition) is 1. The van der Waals surface area contributed by atoms with Crippen molar-refractivity contribution < 1.29 is 4.79 Å². The molecule has 0 unspecified atom stereocenters. The number of fused-ring (bicyclic) bond motifs is 1. The Kier molecular flexibility index (Phi) is 5.47.